The summed E-state index contributed by atoms with van der Waals surface area (Å²) >= 11 is 0. The standard InChI is InChI=1S/C73H47N3/c1-3-19-52(20-4-1)74(55-40-41-60-59-25-9-15-31-67(59)73(68(60)47-55)65-29-13-7-23-57(65)58-24-8-14-30-66(58)73)56-44-50(48-35-38-54(39-36-48)76-69-32-16-10-26-61(69)62-27-11-17-33-70(62)76)43-51(45-56)49-37-42-72-64(46-49)63-28-12-18-34-71(63)75(72)53-21-5-2-6-22-53/h1-47H. The molecule has 2 aliphatic rings. The molecule has 0 saturated heterocycles. The van der Waals surface area contributed by atoms with Crippen LogP contribution in [-0.2, 0) is 5.41 Å². The molecule has 3 nitrogen and oxygen atoms in total. The molecule has 0 amide bonds. The highest BCUT2D eigenvalue weighted by Crippen LogP contribution is 2.63. The number of hydrogen-bond acceptors (Lipinski definition) is 1. The van der Waals surface area contributed by atoms with E-state index in [9.17, 15) is 0 Å². The molecule has 0 unspecified atom stereocenters. The molecule has 0 aliphatic heterocycles. The Hall–Kier alpha value is -9.96. The molecule has 2 aliphatic carbocycles. The topological polar surface area (TPSA) is 13.1 Å². The van der Waals surface area contributed by atoms with Crippen molar-refractivity contribution >= 4 is 60.7 Å². The lowest BCUT2D eigenvalue weighted by atomic mass is 9.70. The molecule has 76 heavy (non-hydrogen) atoms. The predicted molar refractivity (Wildman–Crippen MR) is 317 cm³/mol. The van der Waals surface area contributed by atoms with Gasteiger partial charge in [-0.1, -0.05) is 188 Å². The minimum atomic E-state index is -0.475. The van der Waals surface area contributed by atoms with Gasteiger partial charge in [-0.25, -0.2) is 0 Å². The lowest BCUT2D eigenvalue weighted by Gasteiger charge is -2.32. The first kappa shape index (κ1) is 42.5. The van der Waals surface area contributed by atoms with Crippen molar-refractivity contribution in [1.29, 1.82) is 0 Å². The number of nitrogens with zero attached hydrogens (tertiary/aromatic N) is 3. The van der Waals surface area contributed by atoms with Gasteiger partial charge in [-0.15, -0.1) is 0 Å². The van der Waals surface area contributed by atoms with E-state index in [1.165, 1.54) is 88.1 Å². The van der Waals surface area contributed by atoms with Crippen molar-refractivity contribution < 1.29 is 0 Å². The van der Waals surface area contributed by atoms with Gasteiger partial charge >= 0.3 is 0 Å². The van der Waals surface area contributed by atoms with Gasteiger partial charge in [-0.05, 0) is 164 Å². The number of anilines is 3. The van der Waals surface area contributed by atoms with Crippen molar-refractivity contribution in [3.63, 3.8) is 0 Å². The number of fused-ring (bicyclic) bond motifs is 16. The van der Waals surface area contributed by atoms with Crippen LogP contribution in [0.25, 0.3) is 99.5 Å². The third kappa shape index (κ3) is 6.11. The van der Waals surface area contributed by atoms with Crippen LogP contribution in [0.3, 0.4) is 0 Å². The van der Waals surface area contributed by atoms with Crippen LogP contribution in [-0.4, -0.2) is 9.13 Å². The van der Waals surface area contributed by atoms with Gasteiger partial charge in [-0.3, -0.25) is 0 Å². The summed E-state index contributed by atoms with van der Waals surface area (Å²) in [5.74, 6) is 0. The maximum atomic E-state index is 2.50. The molecule has 0 atom stereocenters. The fourth-order valence-electron chi connectivity index (χ4n) is 13.3. The third-order valence-corrected chi connectivity index (χ3v) is 16.5. The van der Waals surface area contributed by atoms with Gasteiger partial charge in [0.2, 0.25) is 0 Å². The summed E-state index contributed by atoms with van der Waals surface area (Å²) in [5, 5.41) is 4.97. The summed E-state index contributed by atoms with van der Waals surface area (Å²) in [4.78, 5) is 2.48. The van der Waals surface area contributed by atoms with Crippen molar-refractivity contribution in [3.05, 3.63) is 307 Å². The number of aromatic nitrogens is 2. The quantitative estimate of drug-likeness (QED) is 0.155. The third-order valence-electron chi connectivity index (χ3n) is 16.5. The Morgan fingerprint density at radius 1 is 0.237 bits per heavy atom. The zero-order valence-electron chi connectivity index (χ0n) is 41.5. The normalized spacial score (nSPS) is 12.8. The maximum absolute atomic E-state index is 2.50. The first-order valence-corrected chi connectivity index (χ1v) is 26.3. The minimum absolute atomic E-state index is 0.475. The van der Waals surface area contributed by atoms with E-state index in [0.717, 1.165) is 50.7 Å². The van der Waals surface area contributed by atoms with Crippen LogP contribution in [0.5, 0.6) is 0 Å². The van der Waals surface area contributed by atoms with E-state index in [4.69, 9.17) is 0 Å². The van der Waals surface area contributed by atoms with Crippen LogP contribution >= 0.6 is 0 Å². The summed E-state index contributed by atoms with van der Waals surface area (Å²) in [6.07, 6.45) is 0. The highest BCUT2D eigenvalue weighted by atomic mass is 15.1. The van der Waals surface area contributed by atoms with Crippen LogP contribution in [0.2, 0.25) is 0 Å². The second-order valence-electron chi connectivity index (χ2n) is 20.4. The van der Waals surface area contributed by atoms with E-state index in [1.807, 2.05) is 0 Å². The van der Waals surface area contributed by atoms with Crippen LogP contribution in [0, 0.1) is 0 Å². The second kappa shape index (κ2) is 16.5. The number of benzene rings is 12. The Morgan fingerprint density at radius 2 is 0.671 bits per heavy atom. The average Bonchev–Trinajstić information content (AvgIpc) is 4.28. The van der Waals surface area contributed by atoms with Gasteiger partial charge in [0.05, 0.1) is 27.5 Å². The van der Waals surface area contributed by atoms with Crippen LogP contribution in [0.4, 0.5) is 17.1 Å². The van der Waals surface area contributed by atoms with E-state index in [1.54, 1.807) is 0 Å². The van der Waals surface area contributed by atoms with Gasteiger partial charge in [0.15, 0.2) is 0 Å². The summed E-state index contributed by atoms with van der Waals surface area (Å²) in [7, 11) is 0. The molecule has 0 fully saturated rings. The van der Waals surface area contributed by atoms with E-state index < -0.39 is 5.41 Å². The predicted octanol–water partition coefficient (Wildman–Crippen LogP) is 19.0. The van der Waals surface area contributed by atoms with Gasteiger partial charge < -0.3 is 14.0 Å². The van der Waals surface area contributed by atoms with Crippen LogP contribution in [0.1, 0.15) is 22.3 Å². The Labute approximate surface area is 441 Å². The lowest BCUT2D eigenvalue weighted by Crippen LogP contribution is -2.26. The zero-order chi connectivity index (χ0) is 49.9. The van der Waals surface area contributed by atoms with Crippen molar-refractivity contribution in [2.45, 2.75) is 5.41 Å². The first-order chi connectivity index (χ1) is 37.7. The van der Waals surface area contributed by atoms with E-state index in [0.29, 0.717) is 0 Å². The fourth-order valence-corrected chi connectivity index (χ4v) is 13.3. The molecular formula is C73H47N3. The van der Waals surface area contributed by atoms with E-state index >= 15 is 0 Å². The molecule has 1 spiro atoms. The second-order valence-corrected chi connectivity index (χ2v) is 20.4. The van der Waals surface area contributed by atoms with Crippen molar-refractivity contribution in [1.82, 2.24) is 9.13 Å². The Bertz CT molecular complexity index is 4520. The zero-order valence-corrected chi connectivity index (χ0v) is 41.5. The summed E-state index contributed by atoms with van der Waals surface area (Å²) in [6, 6.07) is 106. The molecule has 3 heteroatoms. The van der Waals surface area contributed by atoms with Gasteiger partial charge in [0.25, 0.3) is 0 Å². The minimum Gasteiger partial charge on any atom is -0.310 e. The van der Waals surface area contributed by atoms with E-state index in [-0.39, 0.29) is 0 Å². The van der Waals surface area contributed by atoms with Crippen molar-refractivity contribution in [2.75, 3.05) is 4.90 Å². The largest absolute Gasteiger partial charge is 0.310 e. The molecule has 2 heterocycles. The monoisotopic (exact) mass is 965 g/mol. The number of hydrogen-bond donors (Lipinski definition) is 0. The smallest absolute Gasteiger partial charge is 0.0726 e. The summed E-state index contributed by atoms with van der Waals surface area (Å²) in [6.45, 7) is 0. The van der Waals surface area contributed by atoms with Crippen molar-refractivity contribution in [3.8, 4) is 55.9 Å². The molecular weight excluding hydrogens is 919 g/mol. The molecule has 16 rings (SSSR count). The van der Waals surface area contributed by atoms with Crippen LogP contribution in [0.15, 0.2) is 285 Å². The van der Waals surface area contributed by atoms with Gasteiger partial charge in [0.1, 0.15) is 0 Å². The van der Waals surface area contributed by atoms with Crippen molar-refractivity contribution in [2.24, 2.45) is 0 Å². The Morgan fingerprint density at radius 3 is 1.25 bits per heavy atom. The fraction of sp³-hybridized carbons (Fsp3) is 0.0137. The molecule has 0 bridgehead atoms. The molecule has 2 aromatic heterocycles. The van der Waals surface area contributed by atoms with Gasteiger partial charge in [0, 0.05) is 50.0 Å². The average molecular weight is 966 g/mol. The molecule has 12 aromatic carbocycles. The highest BCUT2D eigenvalue weighted by molar-refractivity contribution is 6.11. The Kier molecular flexibility index (Phi) is 9.25. The molecule has 0 radical (unpaired) electrons. The van der Waals surface area contributed by atoms with Crippen LogP contribution < -0.4 is 4.90 Å². The molecule has 0 N–H and O–H groups in total. The molecule has 0 saturated carbocycles. The highest BCUT2D eigenvalue weighted by Gasteiger charge is 2.51. The SMILES string of the molecule is c1ccc(N(c2cc(-c3ccc(-n4c5ccccc5c5ccccc54)cc3)cc(-c3ccc4c(c3)c3ccccc3n4-c3ccccc3)c2)c2ccc3c(c2)C2(c4ccccc4-c4ccccc42)c2ccccc2-3)cc1. The maximum Gasteiger partial charge on any atom is 0.0726 e. The lowest BCUT2D eigenvalue weighted by molar-refractivity contribution is 0.793. The first-order valence-electron chi connectivity index (χ1n) is 26.3. The number of para-hydroxylation sites is 5. The number of rotatable bonds is 7. The molecule has 14 aromatic rings. The van der Waals surface area contributed by atoms with E-state index in [2.05, 4.69) is 299 Å². The Balaban J connectivity index is 0.921. The molecule has 354 valence electrons. The summed E-state index contributed by atoms with van der Waals surface area (Å²) < 4.78 is 4.79. The van der Waals surface area contributed by atoms with Gasteiger partial charge in [-0.2, -0.15) is 0 Å². The summed E-state index contributed by atoms with van der Waals surface area (Å²) in [5.41, 5.74) is 24.9.